The van der Waals surface area contributed by atoms with Gasteiger partial charge < -0.3 is 10.4 Å². The van der Waals surface area contributed by atoms with E-state index in [0.717, 1.165) is 5.56 Å². The average molecular weight is 219 g/mol. The van der Waals surface area contributed by atoms with Crippen molar-refractivity contribution in [3.8, 4) is 5.75 Å². The van der Waals surface area contributed by atoms with Crippen molar-refractivity contribution in [2.75, 3.05) is 5.32 Å². The topological polar surface area (TPSA) is 88.3 Å². The first-order chi connectivity index (χ1) is 7.66. The number of hydrogen-bond acceptors (Lipinski definition) is 5. The number of aromatic nitrogens is 2. The lowest BCUT2D eigenvalue weighted by Crippen LogP contribution is -2.12. The number of amides is 1. The van der Waals surface area contributed by atoms with Gasteiger partial charge in [0.2, 0.25) is 0 Å². The van der Waals surface area contributed by atoms with Crippen molar-refractivity contribution >= 4 is 11.6 Å². The fourth-order valence-corrected chi connectivity index (χ4v) is 1.20. The first-order valence-corrected chi connectivity index (χ1v) is 4.55. The van der Waals surface area contributed by atoms with Crippen molar-refractivity contribution in [2.45, 2.75) is 6.92 Å². The Morgan fingerprint density at radius 2 is 2.31 bits per heavy atom. The lowest BCUT2D eigenvalue weighted by Gasteiger charge is -2.05. The van der Waals surface area contributed by atoms with Gasteiger partial charge in [-0.2, -0.15) is 0 Å². The van der Waals surface area contributed by atoms with Gasteiger partial charge >= 0.3 is 0 Å². The molecule has 16 heavy (non-hydrogen) atoms. The molecule has 0 atom stereocenters. The number of aryl methyl sites for hydroxylation is 1. The van der Waals surface area contributed by atoms with Crippen LogP contribution >= 0.6 is 0 Å². The van der Waals surface area contributed by atoms with Crippen molar-refractivity contribution in [3.05, 3.63) is 35.7 Å². The van der Waals surface area contributed by atoms with Crippen LogP contribution in [0.3, 0.4) is 0 Å². The van der Waals surface area contributed by atoms with Crippen LogP contribution in [0.15, 0.2) is 29.0 Å². The van der Waals surface area contributed by atoms with Crippen LogP contribution in [0.4, 0.5) is 5.69 Å². The Bertz CT molecular complexity index is 508. The standard InChI is InChI=1S/C10H9N3O3/c1-6-2-3-7(9(14)4-6)12-10(15)8-5-11-16-13-8/h2-5,14H,1H3,(H,12,15). The SMILES string of the molecule is Cc1ccc(NC(=O)c2cnon2)c(O)c1. The molecule has 2 rings (SSSR count). The van der Waals surface area contributed by atoms with Crippen LogP contribution < -0.4 is 5.32 Å². The van der Waals surface area contributed by atoms with Gasteiger partial charge in [0.25, 0.3) is 5.91 Å². The van der Waals surface area contributed by atoms with E-state index in [9.17, 15) is 9.90 Å². The van der Waals surface area contributed by atoms with Crippen molar-refractivity contribution in [1.29, 1.82) is 0 Å². The lowest BCUT2D eigenvalue weighted by atomic mass is 10.2. The smallest absolute Gasteiger partial charge is 0.279 e. The number of carbonyl (C=O) groups is 1. The Labute approximate surface area is 90.9 Å². The number of nitrogens with zero attached hydrogens (tertiary/aromatic N) is 2. The van der Waals surface area contributed by atoms with Crippen LogP contribution in [0.25, 0.3) is 0 Å². The molecule has 2 aromatic rings. The molecule has 1 amide bonds. The summed E-state index contributed by atoms with van der Waals surface area (Å²) in [7, 11) is 0. The van der Waals surface area contributed by atoms with Crippen molar-refractivity contribution in [1.82, 2.24) is 10.3 Å². The molecule has 6 nitrogen and oxygen atoms in total. The highest BCUT2D eigenvalue weighted by Gasteiger charge is 2.12. The summed E-state index contributed by atoms with van der Waals surface area (Å²) < 4.78 is 4.30. The van der Waals surface area contributed by atoms with E-state index in [1.165, 1.54) is 6.20 Å². The minimum atomic E-state index is -0.486. The molecule has 0 unspecified atom stereocenters. The maximum Gasteiger partial charge on any atom is 0.279 e. The van der Waals surface area contributed by atoms with E-state index in [4.69, 9.17) is 0 Å². The molecule has 0 aliphatic carbocycles. The second kappa shape index (κ2) is 4.01. The van der Waals surface area contributed by atoms with E-state index in [-0.39, 0.29) is 11.4 Å². The second-order valence-corrected chi connectivity index (χ2v) is 3.27. The summed E-state index contributed by atoms with van der Waals surface area (Å²) in [6, 6.07) is 4.93. The third-order valence-electron chi connectivity index (χ3n) is 2.00. The van der Waals surface area contributed by atoms with E-state index in [2.05, 4.69) is 20.3 Å². The van der Waals surface area contributed by atoms with Gasteiger partial charge in [0.15, 0.2) is 5.69 Å². The summed E-state index contributed by atoms with van der Waals surface area (Å²) in [5.41, 5.74) is 1.28. The Morgan fingerprint density at radius 3 is 2.94 bits per heavy atom. The lowest BCUT2D eigenvalue weighted by molar-refractivity contribution is 0.101. The van der Waals surface area contributed by atoms with Crippen molar-refractivity contribution < 1.29 is 14.5 Å². The minimum absolute atomic E-state index is 0.00445. The maximum atomic E-state index is 11.5. The zero-order valence-corrected chi connectivity index (χ0v) is 8.47. The van der Waals surface area contributed by atoms with E-state index in [1.807, 2.05) is 6.92 Å². The summed E-state index contributed by atoms with van der Waals surface area (Å²) in [6.45, 7) is 1.84. The quantitative estimate of drug-likeness (QED) is 0.744. The fourth-order valence-electron chi connectivity index (χ4n) is 1.20. The summed E-state index contributed by atoms with van der Waals surface area (Å²) >= 11 is 0. The molecule has 82 valence electrons. The van der Waals surface area contributed by atoms with E-state index in [0.29, 0.717) is 5.69 Å². The Kier molecular flexibility index (Phi) is 2.55. The molecule has 0 saturated carbocycles. The van der Waals surface area contributed by atoms with Gasteiger partial charge in [-0.05, 0) is 29.8 Å². The number of phenolic OH excluding ortho intramolecular Hbond substituents is 1. The third-order valence-corrected chi connectivity index (χ3v) is 2.00. The number of anilines is 1. The molecule has 1 heterocycles. The number of carbonyl (C=O) groups excluding carboxylic acids is 1. The maximum absolute atomic E-state index is 11.5. The van der Waals surface area contributed by atoms with Crippen LogP contribution in [-0.4, -0.2) is 21.3 Å². The summed E-state index contributed by atoms with van der Waals surface area (Å²) in [4.78, 5) is 11.5. The molecular weight excluding hydrogens is 210 g/mol. The second-order valence-electron chi connectivity index (χ2n) is 3.27. The first kappa shape index (κ1) is 10.2. The van der Waals surface area contributed by atoms with E-state index < -0.39 is 5.91 Å². The average Bonchev–Trinajstić information content (AvgIpc) is 2.75. The van der Waals surface area contributed by atoms with Crippen molar-refractivity contribution in [3.63, 3.8) is 0 Å². The molecule has 1 aromatic heterocycles. The number of rotatable bonds is 2. The molecule has 6 heteroatoms. The summed E-state index contributed by atoms with van der Waals surface area (Å²) in [5, 5.41) is 18.7. The summed E-state index contributed by atoms with van der Waals surface area (Å²) in [6.07, 6.45) is 1.20. The van der Waals surface area contributed by atoms with Crippen LogP contribution in [0.2, 0.25) is 0 Å². The normalized spacial score (nSPS) is 10.1. The molecule has 0 saturated heterocycles. The van der Waals surface area contributed by atoms with Crippen LogP contribution in [0, 0.1) is 6.92 Å². The highest BCUT2D eigenvalue weighted by molar-refractivity contribution is 6.03. The van der Waals surface area contributed by atoms with Gasteiger partial charge in [-0.1, -0.05) is 11.2 Å². The fraction of sp³-hybridized carbons (Fsp3) is 0.100. The highest BCUT2D eigenvalue weighted by atomic mass is 16.6. The largest absolute Gasteiger partial charge is 0.506 e. The van der Waals surface area contributed by atoms with Crippen molar-refractivity contribution in [2.24, 2.45) is 0 Å². The third kappa shape index (κ3) is 2.00. The number of phenols is 1. The van der Waals surface area contributed by atoms with E-state index in [1.54, 1.807) is 18.2 Å². The van der Waals surface area contributed by atoms with Gasteiger partial charge in [0, 0.05) is 0 Å². The van der Waals surface area contributed by atoms with Crippen LogP contribution in [0.1, 0.15) is 16.1 Å². The number of aromatic hydroxyl groups is 1. The first-order valence-electron chi connectivity index (χ1n) is 4.55. The molecule has 0 radical (unpaired) electrons. The minimum Gasteiger partial charge on any atom is -0.506 e. The molecule has 0 aliphatic heterocycles. The van der Waals surface area contributed by atoms with Gasteiger partial charge in [0.1, 0.15) is 11.9 Å². The molecule has 0 fully saturated rings. The molecule has 1 aromatic carbocycles. The predicted octanol–water partition coefficient (Wildman–Crippen LogP) is 1.34. The highest BCUT2D eigenvalue weighted by Crippen LogP contribution is 2.24. The molecule has 2 N–H and O–H groups in total. The molecule has 0 aliphatic rings. The Morgan fingerprint density at radius 1 is 1.50 bits per heavy atom. The van der Waals surface area contributed by atoms with Gasteiger partial charge in [-0.3, -0.25) is 4.79 Å². The Balaban J connectivity index is 2.18. The zero-order chi connectivity index (χ0) is 11.5. The predicted molar refractivity (Wildman–Crippen MR) is 55.1 cm³/mol. The zero-order valence-electron chi connectivity index (χ0n) is 8.47. The Hall–Kier alpha value is -2.37. The van der Waals surface area contributed by atoms with Crippen LogP contribution in [-0.2, 0) is 0 Å². The van der Waals surface area contributed by atoms with Gasteiger partial charge in [0.05, 0.1) is 5.69 Å². The molecular formula is C10H9N3O3. The summed E-state index contributed by atoms with van der Waals surface area (Å²) in [5.74, 6) is -0.481. The molecule has 0 bridgehead atoms. The van der Waals surface area contributed by atoms with Gasteiger partial charge in [-0.25, -0.2) is 4.63 Å². The monoisotopic (exact) mass is 219 g/mol. The number of hydrogen-bond donors (Lipinski definition) is 2. The number of nitrogens with one attached hydrogen (secondary N) is 1. The van der Waals surface area contributed by atoms with E-state index >= 15 is 0 Å². The molecule has 0 spiro atoms. The van der Waals surface area contributed by atoms with Gasteiger partial charge in [-0.15, -0.1) is 0 Å². The number of benzene rings is 1. The van der Waals surface area contributed by atoms with Crippen LogP contribution in [0.5, 0.6) is 5.75 Å².